The Morgan fingerprint density at radius 1 is 1.73 bits per heavy atom. The Bertz CT molecular complexity index is 234. The third-order valence-electron chi connectivity index (χ3n) is 0.643. The molecule has 0 aliphatic rings. The van der Waals surface area contributed by atoms with Crippen LogP contribution in [0, 0.1) is 0 Å². The molecule has 0 aliphatic carbocycles. The molecule has 0 spiro atoms. The summed E-state index contributed by atoms with van der Waals surface area (Å²) in [4.78, 5) is 10.5. The van der Waals surface area contributed by atoms with Gasteiger partial charge in [0.2, 0.25) is 0 Å². The Labute approximate surface area is 69.6 Å². The number of hydrogen-bond acceptors (Lipinski definition) is 5. The summed E-state index contributed by atoms with van der Waals surface area (Å²) in [5, 5.41) is 0. The van der Waals surface area contributed by atoms with Crippen LogP contribution in [0.5, 0.6) is 0 Å². The van der Waals surface area contributed by atoms with E-state index < -0.39 is 16.4 Å². The van der Waals surface area contributed by atoms with E-state index in [1.807, 2.05) is 0 Å². The molecule has 11 heavy (non-hydrogen) atoms. The summed E-state index contributed by atoms with van der Waals surface area (Å²) in [6.45, 7) is 1.49. The lowest BCUT2D eigenvalue weighted by molar-refractivity contribution is 0.145. The van der Waals surface area contributed by atoms with Gasteiger partial charge in [0.15, 0.2) is 0 Å². The fourth-order valence-corrected chi connectivity index (χ4v) is 0.572. The van der Waals surface area contributed by atoms with Gasteiger partial charge in [-0.25, -0.2) is 4.79 Å². The van der Waals surface area contributed by atoms with Crippen molar-refractivity contribution in [3.05, 3.63) is 0 Å². The molecule has 0 aromatic carbocycles. The molecule has 0 unspecified atom stereocenters. The van der Waals surface area contributed by atoms with Gasteiger partial charge in [0.25, 0.3) is 0 Å². The predicted molar refractivity (Wildman–Crippen MR) is 39.4 cm³/mol. The van der Waals surface area contributed by atoms with Crippen LogP contribution < -0.4 is 0 Å². The van der Waals surface area contributed by atoms with E-state index in [-0.39, 0.29) is 10.3 Å². The van der Waals surface area contributed by atoms with E-state index in [0.717, 1.165) is 0 Å². The molecular weight excluding hydrogens is 194 g/mol. The normalized spacial score (nSPS) is 10.8. The fraction of sp³-hybridized carbons (Fsp3) is 0.667. The van der Waals surface area contributed by atoms with Crippen LogP contribution in [0.25, 0.3) is 0 Å². The molecule has 0 saturated carbocycles. The van der Waals surface area contributed by atoms with Gasteiger partial charge in [-0.2, -0.15) is 8.42 Å². The topological polar surface area (TPSA) is 83.9 Å². The second-order valence-electron chi connectivity index (χ2n) is 1.42. The van der Waals surface area contributed by atoms with Crippen LogP contribution in [0.2, 0.25) is 0 Å². The summed E-state index contributed by atoms with van der Waals surface area (Å²) in [5.41, 5.74) is 0. The summed E-state index contributed by atoms with van der Waals surface area (Å²) in [5.74, 6) is 0. The predicted octanol–water partition coefficient (Wildman–Crippen LogP) is 0.0925. The van der Waals surface area contributed by atoms with E-state index >= 15 is 0 Å². The lowest BCUT2D eigenvalue weighted by Crippen LogP contribution is -2.28. The van der Waals surface area contributed by atoms with Crippen LogP contribution in [0.3, 0.4) is 0 Å². The van der Waals surface area contributed by atoms with Gasteiger partial charge in [-0.15, -0.1) is 3.71 Å². The molecule has 1 N–H and O–H groups in total. The van der Waals surface area contributed by atoms with Crippen molar-refractivity contribution in [2.24, 2.45) is 0 Å². The van der Waals surface area contributed by atoms with E-state index in [2.05, 4.69) is 17.6 Å². The number of thiol groups is 1. The molecule has 0 fully saturated rings. The number of ether oxygens (including phenoxy) is 1. The maximum atomic E-state index is 10.5. The first-order chi connectivity index (χ1) is 4.89. The third kappa shape index (κ3) is 3.44. The minimum atomic E-state index is -4.60. The molecule has 8 heteroatoms. The smallest absolute Gasteiger partial charge is 0.435 e. The first-order valence-corrected chi connectivity index (χ1v) is 4.32. The Kier molecular flexibility index (Phi) is 3.63. The molecule has 0 aromatic rings. The zero-order chi connectivity index (χ0) is 9.07. The van der Waals surface area contributed by atoms with Crippen LogP contribution in [0.1, 0.15) is 6.92 Å². The number of rotatable bonds is 2. The van der Waals surface area contributed by atoms with E-state index in [9.17, 15) is 13.2 Å². The van der Waals surface area contributed by atoms with E-state index in [1.165, 1.54) is 6.92 Å². The van der Waals surface area contributed by atoms with Gasteiger partial charge < -0.3 is 4.74 Å². The quantitative estimate of drug-likeness (QED) is 0.488. The second kappa shape index (κ2) is 3.79. The molecule has 0 saturated heterocycles. The first-order valence-electron chi connectivity index (χ1n) is 2.53. The largest absolute Gasteiger partial charge is 0.448 e. The zero-order valence-corrected chi connectivity index (χ0v) is 7.30. The van der Waals surface area contributed by atoms with Crippen LogP contribution in [0.4, 0.5) is 4.79 Å². The van der Waals surface area contributed by atoms with Crippen molar-refractivity contribution in [1.82, 2.24) is 3.71 Å². The number of amides is 1. The van der Waals surface area contributed by atoms with Crippen molar-refractivity contribution in [3.8, 4) is 0 Å². The van der Waals surface area contributed by atoms with Gasteiger partial charge in [0.05, 0.1) is 6.61 Å². The molecule has 0 rings (SSSR count). The average molecular weight is 201 g/mol. The van der Waals surface area contributed by atoms with Gasteiger partial charge in [0, 0.05) is 0 Å². The molecule has 0 aromatic heterocycles. The average Bonchev–Trinajstić information content (AvgIpc) is 1.85. The Hall–Kier alpha value is -0.470. The number of nitrogens with zero attached hydrogens (tertiary/aromatic N) is 1. The van der Waals surface area contributed by atoms with Crippen molar-refractivity contribution >= 4 is 29.2 Å². The highest BCUT2D eigenvalue weighted by molar-refractivity contribution is 7.97. The fourth-order valence-electron chi connectivity index (χ4n) is 0.273. The first kappa shape index (κ1) is 10.5. The molecule has 66 valence electrons. The molecule has 1 amide bonds. The minimum Gasteiger partial charge on any atom is -0.448 e. The van der Waals surface area contributed by atoms with Gasteiger partial charge in [-0.1, -0.05) is 0 Å². The SMILES string of the molecule is CCOC(=O)N(S)S(=O)(=O)O. The number of hydrogen-bond donors (Lipinski definition) is 2. The molecule has 0 atom stereocenters. The van der Waals surface area contributed by atoms with Gasteiger partial charge in [0.1, 0.15) is 0 Å². The summed E-state index contributed by atoms with van der Waals surface area (Å²) in [6.07, 6.45) is -1.24. The van der Waals surface area contributed by atoms with Crippen molar-refractivity contribution < 1.29 is 22.5 Å². The lowest BCUT2D eigenvalue weighted by Gasteiger charge is -2.09. The Morgan fingerprint density at radius 2 is 2.18 bits per heavy atom. The highest BCUT2D eigenvalue weighted by Crippen LogP contribution is 2.03. The maximum absolute atomic E-state index is 10.5. The highest BCUT2D eigenvalue weighted by atomic mass is 32.3. The molecule has 0 aliphatic heterocycles. The van der Waals surface area contributed by atoms with Crippen LogP contribution in [-0.2, 0) is 15.0 Å². The maximum Gasteiger partial charge on any atom is 0.435 e. The van der Waals surface area contributed by atoms with Crippen molar-refractivity contribution in [2.75, 3.05) is 6.61 Å². The van der Waals surface area contributed by atoms with Crippen LogP contribution in [-0.4, -0.2) is 29.4 Å². The summed E-state index contributed by atoms with van der Waals surface area (Å²) >= 11 is 3.16. The summed E-state index contributed by atoms with van der Waals surface area (Å²) in [7, 11) is -4.60. The molecule has 0 heterocycles. The van der Waals surface area contributed by atoms with Gasteiger partial charge in [-0.05, 0) is 19.7 Å². The monoisotopic (exact) mass is 201 g/mol. The highest BCUT2D eigenvalue weighted by Gasteiger charge is 2.22. The van der Waals surface area contributed by atoms with Gasteiger partial charge >= 0.3 is 16.4 Å². The van der Waals surface area contributed by atoms with Gasteiger partial charge in [-0.3, -0.25) is 4.55 Å². The number of carbonyl (C=O) groups is 1. The van der Waals surface area contributed by atoms with E-state index in [4.69, 9.17) is 4.55 Å². The lowest BCUT2D eigenvalue weighted by atomic mass is 10.9. The van der Waals surface area contributed by atoms with E-state index in [0.29, 0.717) is 0 Å². The van der Waals surface area contributed by atoms with E-state index in [1.54, 1.807) is 0 Å². The molecule has 6 nitrogen and oxygen atoms in total. The number of carbonyl (C=O) groups excluding carboxylic acids is 1. The minimum absolute atomic E-state index is 0.00537. The Morgan fingerprint density at radius 3 is 2.45 bits per heavy atom. The van der Waals surface area contributed by atoms with Crippen molar-refractivity contribution in [2.45, 2.75) is 6.92 Å². The van der Waals surface area contributed by atoms with Crippen LogP contribution >= 0.6 is 12.8 Å². The van der Waals surface area contributed by atoms with Crippen molar-refractivity contribution in [1.29, 1.82) is 0 Å². The molecule has 0 radical (unpaired) electrons. The summed E-state index contributed by atoms with van der Waals surface area (Å²) in [6, 6.07) is 0. The summed E-state index contributed by atoms with van der Waals surface area (Å²) < 4.78 is 32.5. The Balaban J connectivity index is 4.27. The molecule has 0 bridgehead atoms. The van der Waals surface area contributed by atoms with Crippen molar-refractivity contribution in [3.63, 3.8) is 0 Å². The van der Waals surface area contributed by atoms with Crippen LogP contribution in [0.15, 0.2) is 0 Å². The zero-order valence-electron chi connectivity index (χ0n) is 5.59. The standard InChI is InChI=1S/C3H7NO5S2/c1-2-9-3(5)4(10)11(6,7)8/h10H,2H2,1H3,(H,6,7,8). The third-order valence-corrected chi connectivity index (χ3v) is 2.01. The molecular formula is C3H7NO5S2. The second-order valence-corrected chi connectivity index (χ2v) is 3.35.